The molecular formula is C40H52Cl2I2N2O7. The lowest BCUT2D eigenvalue weighted by atomic mass is 10.0. The summed E-state index contributed by atoms with van der Waals surface area (Å²) < 4.78 is 22.7. The molecule has 4 N–H and O–H groups in total. The number of ether oxygens (including phenoxy) is 4. The molecule has 0 fully saturated rings. The Hall–Kier alpha value is -2.34. The van der Waals surface area contributed by atoms with E-state index in [0.29, 0.717) is 23.2 Å². The van der Waals surface area contributed by atoms with Crippen LogP contribution in [0.25, 0.3) is 0 Å². The number of methoxy groups -OCH3 is 4. The van der Waals surface area contributed by atoms with Gasteiger partial charge in [0, 0.05) is 48.2 Å². The van der Waals surface area contributed by atoms with E-state index < -0.39 is 0 Å². The molecule has 4 unspecified atom stereocenters. The highest BCUT2D eigenvalue weighted by atomic mass is 127. The summed E-state index contributed by atoms with van der Waals surface area (Å²) in [7, 11) is 6.27. The average Bonchev–Trinajstić information content (AvgIpc) is 3.18. The van der Waals surface area contributed by atoms with Crippen molar-refractivity contribution in [3.63, 3.8) is 0 Å². The van der Waals surface area contributed by atoms with Crippen LogP contribution >= 0.6 is 70.0 Å². The van der Waals surface area contributed by atoms with Gasteiger partial charge in [-0.2, -0.15) is 0 Å². The zero-order valence-electron chi connectivity index (χ0n) is 30.5. The van der Waals surface area contributed by atoms with Gasteiger partial charge in [-0.1, -0.05) is 130 Å². The second-order valence-corrected chi connectivity index (χ2v) is 13.3. The molecule has 0 bridgehead atoms. The lowest BCUT2D eigenvalue weighted by Gasteiger charge is -2.21. The van der Waals surface area contributed by atoms with Crippen molar-refractivity contribution >= 4 is 81.9 Å². The summed E-state index contributed by atoms with van der Waals surface area (Å²) in [6.07, 6.45) is 1.87. The predicted molar refractivity (Wildman–Crippen MR) is 235 cm³/mol. The Labute approximate surface area is 354 Å². The molecule has 292 valence electrons. The summed E-state index contributed by atoms with van der Waals surface area (Å²) in [6.45, 7) is 1.52. The number of hydrogen-bond acceptors (Lipinski definition) is 8. The molecule has 0 aliphatic heterocycles. The standard InChI is InChI=1S/2C20H24INO3.2ClH.H2O/c2*1-24-19(16-6-4-3-5-7-16)14-22-18(13-21)12-15-8-10-17(11-9-15)20(23)25-2;;;/h2*3-11,18-19,22H,12-14H2,1-2H3;2*1H;1H2. The van der Waals surface area contributed by atoms with E-state index in [1.807, 2.05) is 84.9 Å². The molecule has 13 heteroatoms. The van der Waals surface area contributed by atoms with Gasteiger partial charge >= 0.3 is 11.9 Å². The van der Waals surface area contributed by atoms with Crippen molar-refractivity contribution in [2.75, 3.05) is 50.4 Å². The summed E-state index contributed by atoms with van der Waals surface area (Å²) in [5.74, 6) is -0.609. The summed E-state index contributed by atoms with van der Waals surface area (Å²) in [4.78, 5) is 23.0. The molecule has 0 aliphatic rings. The highest BCUT2D eigenvalue weighted by Crippen LogP contribution is 2.18. The highest BCUT2D eigenvalue weighted by Gasteiger charge is 2.16. The monoisotopic (exact) mass is 996 g/mol. The summed E-state index contributed by atoms with van der Waals surface area (Å²) in [5, 5.41) is 7.18. The molecule has 0 radical (unpaired) electrons. The second-order valence-electron chi connectivity index (χ2n) is 11.6. The molecule has 0 spiro atoms. The van der Waals surface area contributed by atoms with E-state index >= 15 is 0 Å². The number of nitrogens with one attached hydrogen (secondary N) is 2. The molecule has 9 nitrogen and oxygen atoms in total. The minimum absolute atomic E-state index is 0. The molecule has 53 heavy (non-hydrogen) atoms. The maximum Gasteiger partial charge on any atom is 0.337 e. The fourth-order valence-electron chi connectivity index (χ4n) is 5.28. The van der Waals surface area contributed by atoms with Crippen LogP contribution in [-0.4, -0.2) is 79.9 Å². The van der Waals surface area contributed by atoms with Crippen molar-refractivity contribution in [1.82, 2.24) is 10.6 Å². The maximum absolute atomic E-state index is 11.5. The van der Waals surface area contributed by atoms with Gasteiger partial charge in [0.05, 0.1) is 37.6 Å². The number of hydrogen-bond donors (Lipinski definition) is 2. The van der Waals surface area contributed by atoms with Crippen molar-refractivity contribution in [2.45, 2.75) is 37.1 Å². The van der Waals surface area contributed by atoms with E-state index in [4.69, 9.17) is 18.9 Å². The van der Waals surface area contributed by atoms with Crippen LogP contribution in [0.4, 0.5) is 0 Å². The van der Waals surface area contributed by atoms with Crippen molar-refractivity contribution in [3.8, 4) is 0 Å². The van der Waals surface area contributed by atoms with Crippen LogP contribution in [0.3, 0.4) is 0 Å². The molecule has 4 aromatic rings. The van der Waals surface area contributed by atoms with Crippen LogP contribution in [0.5, 0.6) is 0 Å². The van der Waals surface area contributed by atoms with Gasteiger partial charge in [-0.15, -0.1) is 24.8 Å². The topological polar surface area (TPSA) is 127 Å². The normalized spacial score (nSPS) is 12.5. The minimum atomic E-state index is -0.305. The predicted octanol–water partition coefficient (Wildman–Crippen LogP) is 7.61. The number of alkyl halides is 2. The van der Waals surface area contributed by atoms with E-state index in [9.17, 15) is 9.59 Å². The third-order valence-corrected chi connectivity index (χ3v) is 10.3. The van der Waals surface area contributed by atoms with Crippen LogP contribution < -0.4 is 10.6 Å². The van der Waals surface area contributed by atoms with E-state index in [2.05, 4.69) is 80.1 Å². The van der Waals surface area contributed by atoms with Gasteiger partial charge < -0.3 is 35.1 Å². The zero-order chi connectivity index (χ0) is 36.1. The number of carbonyl (C=O) groups excluding carboxylic acids is 2. The Morgan fingerprint density at radius 3 is 1.13 bits per heavy atom. The van der Waals surface area contributed by atoms with Gasteiger partial charge in [0.15, 0.2) is 0 Å². The molecule has 0 aromatic heterocycles. The quantitative estimate of drug-likeness (QED) is 0.0593. The van der Waals surface area contributed by atoms with Crippen LogP contribution in [-0.2, 0) is 31.8 Å². The van der Waals surface area contributed by atoms with Crippen molar-refractivity contribution < 1.29 is 34.0 Å². The van der Waals surface area contributed by atoms with Crippen molar-refractivity contribution in [2.24, 2.45) is 0 Å². The van der Waals surface area contributed by atoms with E-state index in [-0.39, 0.29) is 54.4 Å². The Kier molecular flexibility index (Phi) is 27.7. The Morgan fingerprint density at radius 1 is 0.547 bits per heavy atom. The van der Waals surface area contributed by atoms with Crippen LogP contribution in [0.1, 0.15) is 55.2 Å². The van der Waals surface area contributed by atoms with Crippen LogP contribution in [0, 0.1) is 0 Å². The lowest BCUT2D eigenvalue weighted by molar-refractivity contribution is 0.0592. The smallest absolute Gasteiger partial charge is 0.337 e. The van der Waals surface area contributed by atoms with Crippen molar-refractivity contribution in [3.05, 3.63) is 143 Å². The third-order valence-electron chi connectivity index (χ3n) is 8.18. The zero-order valence-corrected chi connectivity index (χ0v) is 36.4. The van der Waals surface area contributed by atoms with Gasteiger partial charge in [-0.3, -0.25) is 0 Å². The van der Waals surface area contributed by atoms with Crippen molar-refractivity contribution in [1.29, 1.82) is 0 Å². The number of benzene rings is 4. The SMILES string of the molecule is COC(=O)c1ccc(CC(CI)NCC(OC)c2ccccc2)cc1.COC(=O)c1ccc(CC(CI)NCC(OC)c2ccccc2)cc1.Cl.Cl.O. The first-order chi connectivity index (χ1) is 24.3. The Balaban J connectivity index is 0.000000966. The molecule has 4 rings (SSSR count). The molecule has 0 heterocycles. The summed E-state index contributed by atoms with van der Waals surface area (Å²) in [5.41, 5.74) is 5.88. The van der Waals surface area contributed by atoms with Crippen LogP contribution in [0.15, 0.2) is 109 Å². The third kappa shape index (κ3) is 17.8. The first kappa shape index (κ1) is 50.7. The fourth-order valence-corrected chi connectivity index (χ4v) is 6.52. The Morgan fingerprint density at radius 2 is 0.868 bits per heavy atom. The molecule has 4 aromatic carbocycles. The van der Waals surface area contributed by atoms with E-state index in [1.54, 1.807) is 14.2 Å². The number of carbonyl (C=O) groups is 2. The summed E-state index contributed by atoms with van der Waals surface area (Å²) >= 11 is 4.79. The average molecular weight is 998 g/mol. The number of halogens is 4. The van der Waals surface area contributed by atoms with Gasteiger partial charge in [0.1, 0.15) is 0 Å². The second kappa shape index (κ2) is 29.0. The molecule has 0 saturated heterocycles. The van der Waals surface area contributed by atoms with Gasteiger partial charge in [0.25, 0.3) is 0 Å². The molecule has 0 amide bonds. The first-order valence-electron chi connectivity index (χ1n) is 16.4. The fraction of sp³-hybridized carbons (Fsp3) is 0.350. The first-order valence-corrected chi connectivity index (χ1v) is 19.5. The maximum atomic E-state index is 11.5. The summed E-state index contributed by atoms with van der Waals surface area (Å²) in [6, 6.07) is 36.3. The van der Waals surface area contributed by atoms with Gasteiger partial charge in [-0.05, 0) is 59.4 Å². The highest BCUT2D eigenvalue weighted by molar-refractivity contribution is 14.1. The molecular weight excluding hydrogens is 945 g/mol. The molecule has 4 atom stereocenters. The number of esters is 2. The Bertz CT molecular complexity index is 1420. The van der Waals surface area contributed by atoms with Gasteiger partial charge in [-0.25, -0.2) is 9.59 Å². The van der Waals surface area contributed by atoms with Crippen LogP contribution in [0.2, 0.25) is 0 Å². The largest absolute Gasteiger partial charge is 0.465 e. The minimum Gasteiger partial charge on any atom is -0.465 e. The molecule has 0 saturated carbocycles. The van der Waals surface area contributed by atoms with E-state index in [0.717, 1.165) is 34.8 Å². The van der Waals surface area contributed by atoms with E-state index in [1.165, 1.54) is 36.5 Å². The van der Waals surface area contributed by atoms with Gasteiger partial charge in [0.2, 0.25) is 0 Å². The lowest BCUT2D eigenvalue weighted by Crippen LogP contribution is -2.36. The number of rotatable bonds is 18. The molecule has 0 aliphatic carbocycles.